The highest BCUT2D eigenvalue weighted by Crippen LogP contribution is 2.28. The molecule has 1 aromatic carbocycles. The van der Waals surface area contributed by atoms with Gasteiger partial charge < -0.3 is 16.4 Å². The van der Waals surface area contributed by atoms with E-state index in [4.69, 9.17) is 10.7 Å². The zero-order valence-electron chi connectivity index (χ0n) is 18.9. The number of rotatable bonds is 9. The first-order valence-electron chi connectivity index (χ1n) is 11.6. The van der Waals surface area contributed by atoms with Crippen LogP contribution in [0.2, 0.25) is 0 Å². The van der Waals surface area contributed by atoms with Gasteiger partial charge in [0.15, 0.2) is 0 Å². The van der Waals surface area contributed by atoms with Crippen LogP contribution in [0.15, 0.2) is 18.2 Å². The number of thiazole rings is 1. The Bertz CT molecular complexity index is 889. The molecule has 0 radical (unpaired) electrons. The molecule has 0 aliphatic heterocycles. The summed E-state index contributed by atoms with van der Waals surface area (Å²) in [7, 11) is 0. The van der Waals surface area contributed by atoms with Gasteiger partial charge in [-0.25, -0.2) is 4.98 Å². The summed E-state index contributed by atoms with van der Waals surface area (Å²) >= 11 is 1.59. The van der Waals surface area contributed by atoms with Gasteiger partial charge in [0.2, 0.25) is 11.8 Å². The number of carbonyl (C=O) groups excluding carboxylic acids is 2. The van der Waals surface area contributed by atoms with Gasteiger partial charge in [-0.05, 0) is 42.4 Å². The van der Waals surface area contributed by atoms with Crippen LogP contribution in [0.3, 0.4) is 0 Å². The predicted octanol–water partition coefficient (Wildman–Crippen LogP) is 3.88. The lowest BCUT2D eigenvalue weighted by molar-refractivity contribution is -0.129. The van der Waals surface area contributed by atoms with E-state index >= 15 is 0 Å². The number of nitrogens with zero attached hydrogens (tertiary/aromatic N) is 1. The first-order valence-corrected chi connectivity index (χ1v) is 12.4. The third kappa shape index (κ3) is 6.26. The van der Waals surface area contributed by atoms with Crippen molar-refractivity contribution in [1.29, 1.82) is 0 Å². The van der Waals surface area contributed by atoms with Gasteiger partial charge in [0, 0.05) is 25.4 Å². The Morgan fingerprint density at radius 3 is 2.58 bits per heavy atom. The first kappa shape index (κ1) is 23.7. The molecule has 1 unspecified atom stereocenters. The molecule has 0 spiro atoms. The second-order valence-electron chi connectivity index (χ2n) is 8.92. The molecule has 1 heterocycles. The number of nitrogens with two attached hydrogens (primary N) is 1. The quantitative estimate of drug-likeness (QED) is 0.547. The SMILES string of the molecule is CCC(=O)NC(Cc1nc2ccc(C(C)C)cc2s1)C(=O)N[C@H](CN)C1CCCCC1. The van der Waals surface area contributed by atoms with Crippen molar-refractivity contribution >= 4 is 33.4 Å². The minimum absolute atomic E-state index is 0.0437. The zero-order valence-corrected chi connectivity index (χ0v) is 19.8. The third-order valence-electron chi connectivity index (χ3n) is 6.28. The highest BCUT2D eigenvalue weighted by molar-refractivity contribution is 7.18. The minimum atomic E-state index is -0.643. The van der Waals surface area contributed by atoms with Crippen molar-refractivity contribution in [2.45, 2.75) is 83.7 Å². The van der Waals surface area contributed by atoms with Gasteiger partial charge in [0.25, 0.3) is 0 Å². The van der Waals surface area contributed by atoms with Crippen molar-refractivity contribution in [1.82, 2.24) is 15.6 Å². The van der Waals surface area contributed by atoms with Crippen LogP contribution in [0.4, 0.5) is 0 Å². The lowest BCUT2D eigenvalue weighted by atomic mass is 9.84. The molecular weight excluding hydrogens is 408 g/mol. The molecule has 7 heteroatoms. The third-order valence-corrected chi connectivity index (χ3v) is 7.32. The van der Waals surface area contributed by atoms with Crippen molar-refractivity contribution in [2.75, 3.05) is 6.54 Å². The number of benzene rings is 1. The van der Waals surface area contributed by atoms with Gasteiger partial charge in [-0.1, -0.05) is 46.1 Å². The first-order chi connectivity index (χ1) is 14.9. The van der Waals surface area contributed by atoms with Crippen LogP contribution in [0.5, 0.6) is 0 Å². The van der Waals surface area contributed by atoms with Crippen molar-refractivity contribution in [3.05, 3.63) is 28.8 Å². The summed E-state index contributed by atoms with van der Waals surface area (Å²) in [6.45, 7) is 6.55. The van der Waals surface area contributed by atoms with E-state index in [1.165, 1.54) is 24.8 Å². The number of hydrogen-bond donors (Lipinski definition) is 3. The van der Waals surface area contributed by atoms with Crippen LogP contribution in [-0.2, 0) is 16.0 Å². The Hall–Kier alpha value is -1.99. The Labute approximate surface area is 189 Å². The molecule has 1 aliphatic carbocycles. The highest BCUT2D eigenvalue weighted by Gasteiger charge is 2.28. The molecule has 1 aliphatic rings. The molecule has 1 fully saturated rings. The molecule has 31 heavy (non-hydrogen) atoms. The maximum Gasteiger partial charge on any atom is 0.243 e. The summed E-state index contributed by atoms with van der Waals surface area (Å²) < 4.78 is 1.12. The summed E-state index contributed by atoms with van der Waals surface area (Å²) in [4.78, 5) is 30.0. The van der Waals surface area contributed by atoms with Crippen molar-refractivity contribution in [3.63, 3.8) is 0 Å². The van der Waals surface area contributed by atoms with Crippen LogP contribution >= 0.6 is 11.3 Å². The van der Waals surface area contributed by atoms with E-state index in [0.29, 0.717) is 31.2 Å². The number of amides is 2. The highest BCUT2D eigenvalue weighted by atomic mass is 32.1. The fourth-order valence-electron chi connectivity index (χ4n) is 4.30. The number of hydrogen-bond acceptors (Lipinski definition) is 5. The van der Waals surface area contributed by atoms with Gasteiger partial charge in [0.1, 0.15) is 6.04 Å². The second kappa shape index (κ2) is 11.0. The summed E-state index contributed by atoms with van der Waals surface area (Å²) in [6, 6.07) is 5.63. The predicted molar refractivity (Wildman–Crippen MR) is 127 cm³/mol. The Balaban J connectivity index is 1.75. The Morgan fingerprint density at radius 2 is 1.94 bits per heavy atom. The minimum Gasteiger partial charge on any atom is -0.350 e. The summed E-state index contributed by atoms with van der Waals surface area (Å²) in [5, 5.41) is 6.89. The topological polar surface area (TPSA) is 97.1 Å². The molecule has 0 saturated heterocycles. The fourth-order valence-corrected chi connectivity index (χ4v) is 5.37. The smallest absolute Gasteiger partial charge is 0.243 e. The molecular formula is C24H36N4O2S. The number of aromatic nitrogens is 1. The number of fused-ring (bicyclic) bond motifs is 1. The van der Waals surface area contributed by atoms with Gasteiger partial charge in [0.05, 0.1) is 15.2 Å². The maximum absolute atomic E-state index is 13.2. The van der Waals surface area contributed by atoms with E-state index in [1.807, 2.05) is 6.07 Å². The molecule has 4 N–H and O–H groups in total. The lowest BCUT2D eigenvalue weighted by Gasteiger charge is -2.31. The summed E-state index contributed by atoms with van der Waals surface area (Å²) in [5.41, 5.74) is 8.22. The van der Waals surface area contributed by atoms with Crippen LogP contribution in [0, 0.1) is 5.92 Å². The van der Waals surface area contributed by atoms with E-state index < -0.39 is 6.04 Å². The van der Waals surface area contributed by atoms with Gasteiger partial charge in [-0.3, -0.25) is 9.59 Å². The van der Waals surface area contributed by atoms with E-state index in [2.05, 4.69) is 36.6 Å². The van der Waals surface area contributed by atoms with Crippen LogP contribution in [0.25, 0.3) is 10.2 Å². The lowest BCUT2D eigenvalue weighted by Crippen LogP contribution is -2.54. The van der Waals surface area contributed by atoms with E-state index in [0.717, 1.165) is 28.1 Å². The maximum atomic E-state index is 13.2. The monoisotopic (exact) mass is 444 g/mol. The molecule has 1 saturated carbocycles. The average molecular weight is 445 g/mol. The molecule has 0 bridgehead atoms. The largest absolute Gasteiger partial charge is 0.350 e. The standard InChI is InChI=1S/C24H36N4O2S/c1-4-22(29)26-19(24(30)28-20(14-25)16-8-6-5-7-9-16)13-23-27-18-11-10-17(15(2)3)12-21(18)31-23/h10-12,15-16,19-20H,4-9,13-14,25H2,1-3H3,(H,26,29)(H,28,30)/t19?,20-/m1/s1. The zero-order chi connectivity index (χ0) is 22.4. The molecule has 3 rings (SSSR count). The fraction of sp³-hybridized carbons (Fsp3) is 0.625. The van der Waals surface area contributed by atoms with E-state index in [1.54, 1.807) is 18.3 Å². The van der Waals surface area contributed by atoms with Crippen molar-refractivity contribution in [3.8, 4) is 0 Å². The Morgan fingerprint density at radius 1 is 1.19 bits per heavy atom. The van der Waals surface area contributed by atoms with Gasteiger partial charge >= 0.3 is 0 Å². The Kier molecular flexibility index (Phi) is 8.43. The van der Waals surface area contributed by atoms with Crippen molar-refractivity contribution in [2.24, 2.45) is 11.7 Å². The molecule has 1 aromatic heterocycles. The van der Waals surface area contributed by atoms with Crippen molar-refractivity contribution < 1.29 is 9.59 Å². The average Bonchev–Trinajstić information content (AvgIpc) is 3.18. The van der Waals surface area contributed by atoms with Crippen LogP contribution in [0.1, 0.15) is 75.8 Å². The second-order valence-corrected chi connectivity index (χ2v) is 10.0. The van der Waals surface area contributed by atoms with Crippen LogP contribution in [-0.4, -0.2) is 35.4 Å². The van der Waals surface area contributed by atoms with E-state index in [-0.39, 0.29) is 17.9 Å². The summed E-state index contributed by atoms with van der Waals surface area (Å²) in [5.74, 6) is 0.572. The molecule has 6 nitrogen and oxygen atoms in total. The molecule has 2 atom stereocenters. The molecule has 2 aromatic rings. The van der Waals surface area contributed by atoms with Gasteiger partial charge in [-0.15, -0.1) is 11.3 Å². The van der Waals surface area contributed by atoms with E-state index in [9.17, 15) is 9.59 Å². The molecule has 170 valence electrons. The number of nitrogens with one attached hydrogen (secondary N) is 2. The van der Waals surface area contributed by atoms with Gasteiger partial charge in [-0.2, -0.15) is 0 Å². The number of carbonyl (C=O) groups is 2. The molecule has 2 amide bonds. The summed E-state index contributed by atoms with van der Waals surface area (Å²) in [6.07, 6.45) is 6.57. The van der Waals surface area contributed by atoms with Crippen LogP contribution < -0.4 is 16.4 Å². The normalized spacial score (nSPS) is 16.9.